The van der Waals surface area contributed by atoms with E-state index in [0.717, 1.165) is 12.2 Å². The van der Waals surface area contributed by atoms with Crippen molar-refractivity contribution in [1.82, 2.24) is 5.32 Å². The van der Waals surface area contributed by atoms with Gasteiger partial charge in [0.2, 0.25) is 0 Å². The molecule has 1 aliphatic rings. The van der Waals surface area contributed by atoms with E-state index in [0.29, 0.717) is 18.5 Å². The van der Waals surface area contributed by atoms with Gasteiger partial charge in [-0.25, -0.2) is 0 Å². The Labute approximate surface area is 138 Å². The van der Waals surface area contributed by atoms with E-state index < -0.39 is 0 Å². The largest absolute Gasteiger partial charge is 0.496 e. The van der Waals surface area contributed by atoms with Crippen LogP contribution in [0.25, 0.3) is 0 Å². The number of benzene rings is 1. The topological polar surface area (TPSA) is 59.6 Å². The standard InChI is InChI=1S/C15H23N3O.HI/c1-19-14-9-5-2-6-12(14)10-11-17-15(16)18-13-7-3-4-8-13;/h2,5-6,9,13H,3-4,7-8,10-11H2,1H3,(H3,16,17,18);1H. The van der Waals surface area contributed by atoms with Crippen molar-refractivity contribution in [3.05, 3.63) is 29.8 Å². The van der Waals surface area contributed by atoms with Gasteiger partial charge >= 0.3 is 0 Å². The summed E-state index contributed by atoms with van der Waals surface area (Å²) in [5.74, 6) is 1.49. The first-order valence-electron chi connectivity index (χ1n) is 6.98. The number of aliphatic imine (C=N–C) groups is 1. The molecule has 1 aromatic carbocycles. The average Bonchev–Trinajstić information content (AvgIpc) is 2.92. The number of nitrogens with one attached hydrogen (secondary N) is 1. The summed E-state index contributed by atoms with van der Waals surface area (Å²) in [6.07, 6.45) is 5.86. The minimum atomic E-state index is 0. The van der Waals surface area contributed by atoms with E-state index in [4.69, 9.17) is 10.5 Å². The molecule has 1 aromatic rings. The second-order valence-corrected chi connectivity index (χ2v) is 4.95. The molecule has 1 fully saturated rings. The van der Waals surface area contributed by atoms with E-state index in [1.807, 2.05) is 18.2 Å². The predicted molar refractivity (Wildman–Crippen MR) is 94.0 cm³/mol. The fraction of sp³-hybridized carbons (Fsp3) is 0.533. The Morgan fingerprint density at radius 1 is 1.35 bits per heavy atom. The number of ether oxygens (including phenoxy) is 1. The van der Waals surface area contributed by atoms with Crippen LogP contribution in [0.1, 0.15) is 31.2 Å². The molecule has 1 aliphatic carbocycles. The lowest BCUT2D eigenvalue weighted by Crippen LogP contribution is -2.38. The number of rotatable bonds is 5. The molecule has 0 atom stereocenters. The lowest BCUT2D eigenvalue weighted by atomic mass is 10.1. The van der Waals surface area contributed by atoms with Crippen molar-refractivity contribution in [2.75, 3.05) is 13.7 Å². The maximum atomic E-state index is 5.90. The molecule has 0 unspecified atom stereocenters. The zero-order valence-corrected chi connectivity index (χ0v) is 14.3. The van der Waals surface area contributed by atoms with Gasteiger partial charge in [-0.05, 0) is 30.9 Å². The van der Waals surface area contributed by atoms with Crippen LogP contribution in [-0.2, 0) is 6.42 Å². The van der Waals surface area contributed by atoms with Crippen LogP contribution in [0.4, 0.5) is 0 Å². The quantitative estimate of drug-likeness (QED) is 0.463. The van der Waals surface area contributed by atoms with Crippen molar-refractivity contribution in [3.8, 4) is 5.75 Å². The Morgan fingerprint density at radius 2 is 2.05 bits per heavy atom. The summed E-state index contributed by atoms with van der Waals surface area (Å²) in [6, 6.07) is 8.55. The molecule has 0 bridgehead atoms. The highest BCUT2D eigenvalue weighted by Gasteiger charge is 2.14. The highest BCUT2D eigenvalue weighted by molar-refractivity contribution is 14.0. The molecule has 0 spiro atoms. The monoisotopic (exact) mass is 389 g/mol. The van der Waals surface area contributed by atoms with E-state index in [1.54, 1.807) is 7.11 Å². The van der Waals surface area contributed by atoms with Gasteiger partial charge in [0.05, 0.1) is 7.11 Å². The third kappa shape index (κ3) is 5.19. The maximum absolute atomic E-state index is 5.90. The van der Waals surface area contributed by atoms with Crippen LogP contribution in [0.15, 0.2) is 29.3 Å². The van der Waals surface area contributed by atoms with Crippen molar-refractivity contribution >= 4 is 29.9 Å². The van der Waals surface area contributed by atoms with Crippen LogP contribution in [0.2, 0.25) is 0 Å². The minimum absolute atomic E-state index is 0. The number of nitrogens with zero attached hydrogens (tertiary/aromatic N) is 1. The number of halogens is 1. The van der Waals surface area contributed by atoms with Crippen LogP contribution < -0.4 is 15.8 Å². The SMILES string of the molecule is COc1ccccc1CCN=C(N)NC1CCCC1.I. The molecule has 2 rings (SSSR count). The first kappa shape index (κ1) is 17.1. The maximum Gasteiger partial charge on any atom is 0.188 e. The Kier molecular flexibility index (Phi) is 7.72. The van der Waals surface area contributed by atoms with Crippen molar-refractivity contribution in [1.29, 1.82) is 0 Å². The van der Waals surface area contributed by atoms with Gasteiger partial charge in [-0.2, -0.15) is 0 Å². The van der Waals surface area contributed by atoms with Gasteiger partial charge in [0.15, 0.2) is 5.96 Å². The molecule has 0 radical (unpaired) electrons. The average molecular weight is 389 g/mol. The second kappa shape index (κ2) is 9.05. The van der Waals surface area contributed by atoms with Gasteiger partial charge in [0.1, 0.15) is 5.75 Å². The van der Waals surface area contributed by atoms with Gasteiger partial charge in [-0.3, -0.25) is 4.99 Å². The Hall–Kier alpha value is -0.980. The van der Waals surface area contributed by atoms with Crippen molar-refractivity contribution < 1.29 is 4.74 Å². The fourth-order valence-corrected chi connectivity index (χ4v) is 2.53. The summed E-state index contributed by atoms with van der Waals surface area (Å²) in [4.78, 5) is 4.39. The molecule has 20 heavy (non-hydrogen) atoms. The summed E-state index contributed by atoms with van der Waals surface area (Å²) in [7, 11) is 1.69. The summed E-state index contributed by atoms with van der Waals surface area (Å²) in [5.41, 5.74) is 7.06. The van der Waals surface area contributed by atoms with Crippen LogP contribution in [-0.4, -0.2) is 25.7 Å². The van der Waals surface area contributed by atoms with Gasteiger partial charge in [-0.1, -0.05) is 31.0 Å². The van der Waals surface area contributed by atoms with E-state index >= 15 is 0 Å². The molecule has 0 aliphatic heterocycles. The van der Waals surface area contributed by atoms with E-state index in [9.17, 15) is 0 Å². The minimum Gasteiger partial charge on any atom is -0.496 e. The Balaban J connectivity index is 0.00000200. The number of guanidine groups is 1. The Morgan fingerprint density at radius 3 is 2.75 bits per heavy atom. The second-order valence-electron chi connectivity index (χ2n) is 4.95. The molecule has 0 heterocycles. The van der Waals surface area contributed by atoms with E-state index in [1.165, 1.54) is 31.2 Å². The molecule has 0 amide bonds. The van der Waals surface area contributed by atoms with E-state index in [-0.39, 0.29) is 24.0 Å². The third-order valence-corrected chi connectivity index (χ3v) is 3.56. The molecular weight excluding hydrogens is 365 g/mol. The molecule has 5 heteroatoms. The zero-order valence-electron chi connectivity index (χ0n) is 12.0. The Bertz CT molecular complexity index is 431. The van der Waals surface area contributed by atoms with E-state index in [2.05, 4.69) is 16.4 Å². The molecule has 4 nitrogen and oxygen atoms in total. The van der Waals surface area contributed by atoms with Crippen LogP contribution in [0, 0.1) is 0 Å². The lowest BCUT2D eigenvalue weighted by Gasteiger charge is -2.12. The van der Waals surface area contributed by atoms with Crippen LogP contribution >= 0.6 is 24.0 Å². The smallest absolute Gasteiger partial charge is 0.188 e. The van der Waals surface area contributed by atoms with Gasteiger partial charge in [0, 0.05) is 12.6 Å². The molecule has 1 saturated carbocycles. The number of methoxy groups -OCH3 is 1. The van der Waals surface area contributed by atoms with Gasteiger partial charge < -0.3 is 15.8 Å². The van der Waals surface area contributed by atoms with Crippen LogP contribution in [0.5, 0.6) is 5.75 Å². The normalized spacial score (nSPS) is 15.8. The predicted octanol–water partition coefficient (Wildman–Crippen LogP) is 2.70. The highest BCUT2D eigenvalue weighted by atomic mass is 127. The van der Waals surface area contributed by atoms with Crippen molar-refractivity contribution in [3.63, 3.8) is 0 Å². The summed E-state index contributed by atoms with van der Waals surface area (Å²) >= 11 is 0. The molecule has 3 N–H and O–H groups in total. The number of para-hydroxylation sites is 1. The van der Waals surface area contributed by atoms with Crippen LogP contribution in [0.3, 0.4) is 0 Å². The summed E-state index contributed by atoms with van der Waals surface area (Å²) in [5, 5.41) is 3.29. The third-order valence-electron chi connectivity index (χ3n) is 3.56. The number of hydrogen-bond acceptors (Lipinski definition) is 2. The fourth-order valence-electron chi connectivity index (χ4n) is 2.53. The lowest BCUT2D eigenvalue weighted by molar-refractivity contribution is 0.410. The van der Waals surface area contributed by atoms with Crippen molar-refractivity contribution in [2.24, 2.45) is 10.7 Å². The van der Waals surface area contributed by atoms with Gasteiger partial charge in [-0.15, -0.1) is 24.0 Å². The first-order valence-corrected chi connectivity index (χ1v) is 6.98. The highest BCUT2D eigenvalue weighted by Crippen LogP contribution is 2.18. The zero-order chi connectivity index (χ0) is 13.5. The summed E-state index contributed by atoms with van der Waals surface area (Å²) in [6.45, 7) is 0.686. The summed E-state index contributed by atoms with van der Waals surface area (Å²) < 4.78 is 5.32. The number of nitrogens with two attached hydrogens (primary N) is 1. The molecule has 0 saturated heterocycles. The first-order chi connectivity index (χ1) is 9.29. The molecule has 0 aromatic heterocycles. The van der Waals surface area contributed by atoms with Crippen molar-refractivity contribution in [2.45, 2.75) is 38.1 Å². The molecular formula is C15H24IN3O. The van der Waals surface area contributed by atoms with Gasteiger partial charge in [0.25, 0.3) is 0 Å². The number of hydrogen-bond donors (Lipinski definition) is 2. The molecule has 112 valence electrons.